The Balaban J connectivity index is 1.68. The first-order valence-corrected chi connectivity index (χ1v) is 10.3. The van der Waals surface area contributed by atoms with Crippen LogP contribution in [0, 0.1) is 12.7 Å². The van der Waals surface area contributed by atoms with Gasteiger partial charge in [0.05, 0.1) is 0 Å². The second kappa shape index (κ2) is 10.2. The van der Waals surface area contributed by atoms with Gasteiger partial charge in [-0.2, -0.15) is 0 Å². The van der Waals surface area contributed by atoms with Crippen molar-refractivity contribution in [1.29, 1.82) is 0 Å². The average Bonchev–Trinajstić information content (AvgIpc) is 3.18. The number of hydrogen-bond acceptors (Lipinski definition) is 3. The number of unbranched alkanes of at least 4 members (excludes halogenated alkanes) is 1. The third-order valence-corrected chi connectivity index (χ3v) is 4.96. The second-order valence-electron chi connectivity index (χ2n) is 7.15. The van der Waals surface area contributed by atoms with Gasteiger partial charge in [0.1, 0.15) is 11.6 Å². The molecule has 0 bridgehead atoms. The van der Waals surface area contributed by atoms with Crippen LogP contribution < -0.4 is 5.32 Å². The largest absolute Gasteiger partial charge is 0.360 e. The fourth-order valence-corrected chi connectivity index (χ4v) is 3.33. The Morgan fingerprint density at radius 1 is 1.23 bits per heavy atom. The van der Waals surface area contributed by atoms with Crippen LogP contribution in [0.15, 0.2) is 59.1 Å². The number of carbonyl (C=O) groups excluding carboxylic acids is 1. The van der Waals surface area contributed by atoms with E-state index in [2.05, 4.69) is 23.5 Å². The minimum Gasteiger partial charge on any atom is -0.360 e. The molecule has 30 heavy (non-hydrogen) atoms. The number of nitrogens with one attached hydrogen (secondary N) is 1. The third kappa shape index (κ3) is 5.80. The number of aryl methyl sites for hydroxylation is 1. The predicted molar refractivity (Wildman–Crippen MR) is 117 cm³/mol. The number of nitrogens with zero attached hydrogens (tertiary/aromatic N) is 1. The summed E-state index contributed by atoms with van der Waals surface area (Å²) in [5, 5.41) is 7.42. The molecule has 3 rings (SSSR count). The van der Waals surface area contributed by atoms with Gasteiger partial charge in [-0.3, -0.25) is 4.79 Å². The summed E-state index contributed by atoms with van der Waals surface area (Å²) >= 11 is 6.17. The number of amides is 1. The average molecular weight is 427 g/mol. The van der Waals surface area contributed by atoms with Crippen molar-refractivity contribution < 1.29 is 13.7 Å². The quantitative estimate of drug-likeness (QED) is 0.482. The smallest absolute Gasteiger partial charge is 0.273 e. The molecule has 0 saturated heterocycles. The highest BCUT2D eigenvalue weighted by Crippen LogP contribution is 2.23. The molecule has 0 aliphatic rings. The minimum absolute atomic E-state index is 0.194. The first kappa shape index (κ1) is 21.8. The fourth-order valence-electron chi connectivity index (χ4n) is 3.15. The fraction of sp³-hybridized carbons (Fsp3) is 0.250. The third-order valence-electron chi connectivity index (χ3n) is 4.72. The molecule has 0 unspecified atom stereocenters. The number of aromatic nitrogens is 1. The first-order chi connectivity index (χ1) is 14.5. The number of allylic oxidation sites excluding steroid dienone is 1. The molecule has 0 spiro atoms. The molecule has 0 aliphatic heterocycles. The molecule has 1 aromatic heterocycles. The van der Waals surface area contributed by atoms with Crippen LogP contribution in [-0.4, -0.2) is 17.6 Å². The van der Waals surface area contributed by atoms with Gasteiger partial charge in [-0.15, -0.1) is 0 Å². The Bertz CT molecular complexity index is 1060. The Labute approximate surface area is 180 Å². The maximum atomic E-state index is 13.3. The van der Waals surface area contributed by atoms with E-state index in [4.69, 9.17) is 16.1 Å². The molecule has 0 fully saturated rings. The normalized spacial score (nSPS) is 11.5. The molecule has 0 radical (unpaired) electrons. The van der Waals surface area contributed by atoms with Gasteiger partial charge in [0.25, 0.3) is 5.91 Å². The summed E-state index contributed by atoms with van der Waals surface area (Å²) in [4.78, 5) is 12.6. The standard InChI is InChI=1S/C24H24ClFN2O2/c1-3-4-7-18(22-13-19(25)10-9-16(22)2)15-27-24(29)23-14-21(30-28-23)12-17-6-5-8-20(26)11-17/h5-11,13-14H,3-4,12,15H2,1-2H3,(H,27,29)/b18-7-. The lowest BCUT2D eigenvalue weighted by molar-refractivity contribution is 0.0949. The molecule has 0 atom stereocenters. The van der Waals surface area contributed by atoms with Crippen LogP contribution in [0.3, 0.4) is 0 Å². The van der Waals surface area contributed by atoms with Gasteiger partial charge in [-0.1, -0.05) is 54.4 Å². The van der Waals surface area contributed by atoms with Gasteiger partial charge < -0.3 is 9.84 Å². The molecule has 156 valence electrons. The van der Waals surface area contributed by atoms with E-state index in [0.29, 0.717) is 23.7 Å². The van der Waals surface area contributed by atoms with Crippen LogP contribution in [0.2, 0.25) is 5.02 Å². The molecule has 1 N–H and O–H groups in total. The van der Waals surface area contributed by atoms with Crippen LogP contribution in [0.5, 0.6) is 0 Å². The highest BCUT2D eigenvalue weighted by molar-refractivity contribution is 6.30. The monoisotopic (exact) mass is 426 g/mol. The number of benzene rings is 2. The Kier molecular flexibility index (Phi) is 7.41. The molecule has 0 aliphatic carbocycles. The van der Waals surface area contributed by atoms with Crippen molar-refractivity contribution in [1.82, 2.24) is 10.5 Å². The molecular formula is C24H24ClFN2O2. The van der Waals surface area contributed by atoms with E-state index in [1.165, 1.54) is 12.1 Å². The van der Waals surface area contributed by atoms with Crippen molar-refractivity contribution in [2.45, 2.75) is 33.1 Å². The van der Waals surface area contributed by atoms with Gasteiger partial charge in [0, 0.05) is 24.1 Å². The number of rotatable bonds is 8. The topological polar surface area (TPSA) is 55.1 Å². The van der Waals surface area contributed by atoms with Crippen LogP contribution in [0.4, 0.5) is 4.39 Å². The zero-order valence-electron chi connectivity index (χ0n) is 17.0. The summed E-state index contributed by atoms with van der Waals surface area (Å²) < 4.78 is 18.6. The lowest BCUT2D eigenvalue weighted by Crippen LogP contribution is -2.25. The maximum absolute atomic E-state index is 13.3. The Morgan fingerprint density at radius 2 is 2.07 bits per heavy atom. The highest BCUT2D eigenvalue weighted by atomic mass is 35.5. The number of carbonyl (C=O) groups is 1. The van der Waals surface area contributed by atoms with Crippen LogP contribution in [0.25, 0.3) is 5.57 Å². The van der Waals surface area contributed by atoms with Gasteiger partial charge >= 0.3 is 0 Å². The number of hydrogen-bond donors (Lipinski definition) is 1. The van der Waals surface area contributed by atoms with E-state index in [-0.39, 0.29) is 17.4 Å². The molecule has 1 amide bonds. The highest BCUT2D eigenvalue weighted by Gasteiger charge is 2.14. The van der Waals surface area contributed by atoms with E-state index in [1.54, 1.807) is 18.2 Å². The summed E-state index contributed by atoms with van der Waals surface area (Å²) in [6, 6.07) is 13.6. The summed E-state index contributed by atoms with van der Waals surface area (Å²) in [7, 11) is 0. The van der Waals surface area contributed by atoms with Crippen molar-refractivity contribution in [2.24, 2.45) is 0 Å². The van der Waals surface area contributed by atoms with E-state index in [1.807, 2.05) is 25.1 Å². The predicted octanol–water partition coefficient (Wildman–Crippen LogP) is 5.98. The number of halogens is 2. The van der Waals surface area contributed by atoms with Crippen LogP contribution in [-0.2, 0) is 6.42 Å². The molecule has 1 heterocycles. The lowest BCUT2D eigenvalue weighted by Gasteiger charge is -2.12. The molecule has 3 aromatic rings. The summed E-state index contributed by atoms with van der Waals surface area (Å²) in [6.45, 7) is 4.47. The molecule has 2 aromatic carbocycles. The maximum Gasteiger partial charge on any atom is 0.273 e. The summed E-state index contributed by atoms with van der Waals surface area (Å²) in [5.74, 6) is -0.141. The minimum atomic E-state index is -0.327. The molecule has 6 heteroatoms. The Hall–Kier alpha value is -2.92. The van der Waals surface area contributed by atoms with Crippen LogP contribution in [0.1, 0.15) is 52.7 Å². The zero-order chi connectivity index (χ0) is 21.5. The summed E-state index contributed by atoms with van der Waals surface area (Å²) in [5.41, 5.74) is 4.06. The van der Waals surface area contributed by atoms with E-state index >= 15 is 0 Å². The van der Waals surface area contributed by atoms with Crippen molar-refractivity contribution in [2.75, 3.05) is 6.54 Å². The van der Waals surface area contributed by atoms with Gasteiger partial charge in [0.15, 0.2) is 5.69 Å². The van der Waals surface area contributed by atoms with Crippen molar-refractivity contribution >= 4 is 23.1 Å². The SMILES string of the molecule is CCC/C=C(/CNC(=O)c1cc(Cc2cccc(F)c2)on1)c1cc(Cl)ccc1C. The van der Waals surface area contributed by atoms with Crippen LogP contribution >= 0.6 is 11.6 Å². The molecular weight excluding hydrogens is 403 g/mol. The Morgan fingerprint density at radius 3 is 2.83 bits per heavy atom. The van der Waals surface area contributed by atoms with E-state index < -0.39 is 0 Å². The summed E-state index contributed by atoms with van der Waals surface area (Å²) in [6.07, 6.45) is 4.39. The van der Waals surface area contributed by atoms with Gasteiger partial charge in [-0.25, -0.2) is 4.39 Å². The first-order valence-electron chi connectivity index (χ1n) is 9.90. The lowest BCUT2D eigenvalue weighted by atomic mass is 9.99. The molecule has 4 nitrogen and oxygen atoms in total. The van der Waals surface area contributed by atoms with Crippen molar-refractivity contribution in [3.8, 4) is 0 Å². The van der Waals surface area contributed by atoms with Crippen molar-refractivity contribution in [3.63, 3.8) is 0 Å². The zero-order valence-corrected chi connectivity index (χ0v) is 17.8. The van der Waals surface area contributed by atoms with Gasteiger partial charge in [-0.05, 0) is 59.9 Å². The van der Waals surface area contributed by atoms with Gasteiger partial charge in [0.2, 0.25) is 0 Å². The van der Waals surface area contributed by atoms with E-state index in [0.717, 1.165) is 35.1 Å². The molecule has 0 saturated carbocycles. The second-order valence-corrected chi connectivity index (χ2v) is 7.58. The van der Waals surface area contributed by atoms with E-state index in [9.17, 15) is 9.18 Å². The van der Waals surface area contributed by atoms with Crippen molar-refractivity contribution in [3.05, 3.63) is 93.6 Å².